The van der Waals surface area contributed by atoms with Gasteiger partial charge in [-0.15, -0.1) is 11.3 Å². The first-order chi connectivity index (χ1) is 11.1. The largest absolute Gasteiger partial charge is 0.506 e. The molecule has 23 heavy (non-hydrogen) atoms. The molecule has 3 heterocycles. The standard InChI is InChI=1S/C16H13N3O3S/c1-8-7-17-16(23-8)18-14(21)11-13(20)10-4-2-3-9-5-6-19(12(9)10)15(11)22/h2-4,7,20H,5-6H2,1H3,(H,17,18,21). The quantitative estimate of drug-likeness (QED) is 0.756. The number of para-hydroxylation sites is 1. The van der Waals surface area contributed by atoms with Crippen LogP contribution < -0.4 is 10.9 Å². The SMILES string of the molecule is Cc1cnc(NC(=O)c2c(O)c3cccc4c3n(c2=O)CC4)s1. The van der Waals surface area contributed by atoms with Crippen LogP contribution in [-0.4, -0.2) is 20.6 Å². The molecule has 4 rings (SSSR count). The Morgan fingerprint density at radius 1 is 1.43 bits per heavy atom. The number of carbonyl (C=O) groups excluding carboxylic acids is 1. The molecular weight excluding hydrogens is 314 g/mol. The predicted octanol–water partition coefficient (Wildman–Crippen LogP) is 2.28. The van der Waals surface area contributed by atoms with Gasteiger partial charge in [0, 0.05) is 23.0 Å². The van der Waals surface area contributed by atoms with Gasteiger partial charge in [-0.05, 0) is 25.0 Å². The van der Waals surface area contributed by atoms with Crippen LogP contribution in [0.4, 0.5) is 5.13 Å². The monoisotopic (exact) mass is 327 g/mol. The summed E-state index contributed by atoms with van der Waals surface area (Å²) in [7, 11) is 0. The Bertz CT molecular complexity index is 1020. The molecule has 0 unspecified atom stereocenters. The summed E-state index contributed by atoms with van der Waals surface area (Å²) in [6, 6.07) is 5.48. The number of anilines is 1. The Hall–Kier alpha value is -2.67. The molecule has 1 aliphatic rings. The zero-order valence-corrected chi connectivity index (χ0v) is 13.1. The van der Waals surface area contributed by atoms with E-state index in [1.807, 2.05) is 19.1 Å². The number of benzene rings is 1. The minimum absolute atomic E-state index is 0.232. The highest BCUT2D eigenvalue weighted by Crippen LogP contribution is 2.32. The van der Waals surface area contributed by atoms with Crippen molar-refractivity contribution in [2.24, 2.45) is 0 Å². The molecule has 0 bridgehead atoms. The molecule has 0 spiro atoms. The Morgan fingerprint density at radius 3 is 3.00 bits per heavy atom. The number of carbonyl (C=O) groups is 1. The summed E-state index contributed by atoms with van der Waals surface area (Å²) in [4.78, 5) is 30.1. The Balaban J connectivity index is 1.88. The number of nitrogens with one attached hydrogen (secondary N) is 1. The van der Waals surface area contributed by atoms with Gasteiger partial charge >= 0.3 is 0 Å². The van der Waals surface area contributed by atoms with Crippen LogP contribution in [0.3, 0.4) is 0 Å². The van der Waals surface area contributed by atoms with E-state index in [1.165, 1.54) is 11.3 Å². The second-order valence-electron chi connectivity index (χ2n) is 5.47. The third-order valence-corrected chi connectivity index (χ3v) is 4.84. The van der Waals surface area contributed by atoms with Gasteiger partial charge in [-0.2, -0.15) is 0 Å². The zero-order chi connectivity index (χ0) is 16.1. The van der Waals surface area contributed by atoms with Crippen LogP contribution in [-0.2, 0) is 13.0 Å². The smallest absolute Gasteiger partial charge is 0.267 e. The van der Waals surface area contributed by atoms with Crippen LogP contribution in [0.15, 0.2) is 29.2 Å². The van der Waals surface area contributed by atoms with Crippen molar-refractivity contribution < 1.29 is 9.90 Å². The molecule has 0 radical (unpaired) electrons. The van der Waals surface area contributed by atoms with Gasteiger partial charge in [0.2, 0.25) is 0 Å². The van der Waals surface area contributed by atoms with E-state index in [2.05, 4.69) is 10.3 Å². The van der Waals surface area contributed by atoms with Crippen LogP contribution in [0.1, 0.15) is 20.8 Å². The van der Waals surface area contributed by atoms with Crippen LogP contribution in [0, 0.1) is 6.92 Å². The number of aromatic nitrogens is 2. The topological polar surface area (TPSA) is 84.2 Å². The van der Waals surface area contributed by atoms with Gasteiger partial charge in [0.1, 0.15) is 11.3 Å². The van der Waals surface area contributed by atoms with Gasteiger partial charge in [-0.25, -0.2) is 4.98 Å². The number of hydrogen-bond acceptors (Lipinski definition) is 5. The molecule has 2 aromatic heterocycles. The molecule has 1 aromatic carbocycles. The lowest BCUT2D eigenvalue weighted by molar-refractivity contribution is 0.102. The van der Waals surface area contributed by atoms with Crippen molar-refractivity contribution in [3.8, 4) is 5.75 Å². The third-order valence-electron chi connectivity index (χ3n) is 4.01. The van der Waals surface area contributed by atoms with E-state index in [0.717, 1.165) is 22.4 Å². The number of pyridine rings is 1. The lowest BCUT2D eigenvalue weighted by atomic mass is 10.1. The summed E-state index contributed by atoms with van der Waals surface area (Å²) < 4.78 is 1.56. The van der Waals surface area contributed by atoms with Gasteiger partial charge in [-0.3, -0.25) is 14.9 Å². The van der Waals surface area contributed by atoms with E-state index in [9.17, 15) is 14.7 Å². The maximum Gasteiger partial charge on any atom is 0.267 e. The molecule has 3 aromatic rings. The van der Waals surface area contributed by atoms with Crippen molar-refractivity contribution in [2.45, 2.75) is 19.9 Å². The number of thiazole rings is 1. The fourth-order valence-electron chi connectivity index (χ4n) is 3.00. The first-order valence-electron chi connectivity index (χ1n) is 7.17. The van der Waals surface area contributed by atoms with Gasteiger partial charge in [-0.1, -0.05) is 12.1 Å². The number of hydrogen-bond donors (Lipinski definition) is 2. The maximum atomic E-state index is 12.6. The molecule has 2 N–H and O–H groups in total. The second-order valence-corrected chi connectivity index (χ2v) is 6.71. The lowest BCUT2D eigenvalue weighted by Crippen LogP contribution is -2.28. The highest BCUT2D eigenvalue weighted by Gasteiger charge is 2.26. The van der Waals surface area contributed by atoms with Crippen molar-refractivity contribution in [1.82, 2.24) is 9.55 Å². The number of nitrogens with zero attached hydrogens (tertiary/aromatic N) is 2. The highest BCUT2D eigenvalue weighted by atomic mass is 32.1. The number of rotatable bonds is 2. The average molecular weight is 327 g/mol. The molecule has 0 fully saturated rings. The van der Waals surface area contributed by atoms with Crippen molar-refractivity contribution in [3.05, 3.63) is 50.8 Å². The van der Waals surface area contributed by atoms with Crippen molar-refractivity contribution in [1.29, 1.82) is 0 Å². The molecule has 116 valence electrons. The Morgan fingerprint density at radius 2 is 2.26 bits per heavy atom. The summed E-state index contributed by atoms with van der Waals surface area (Å²) in [5, 5.41) is 14.0. The summed E-state index contributed by atoms with van der Waals surface area (Å²) in [6.45, 7) is 2.39. The van der Waals surface area contributed by atoms with E-state index in [1.54, 1.807) is 16.8 Å². The van der Waals surface area contributed by atoms with E-state index in [-0.39, 0.29) is 11.3 Å². The van der Waals surface area contributed by atoms with Crippen molar-refractivity contribution >= 4 is 33.3 Å². The van der Waals surface area contributed by atoms with Gasteiger partial charge in [0.15, 0.2) is 5.13 Å². The molecule has 0 aliphatic carbocycles. The number of amides is 1. The molecule has 0 atom stereocenters. The van der Waals surface area contributed by atoms with E-state index >= 15 is 0 Å². The van der Waals surface area contributed by atoms with E-state index < -0.39 is 11.5 Å². The molecule has 0 saturated heterocycles. The second kappa shape index (κ2) is 4.92. The molecule has 6 nitrogen and oxygen atoms in total. The zero-order valence-electron chi connectivity index (χ0n) is 12.3. The maximum absolute atomic E-state index is 12.6. The van der Waals surface area contributed by atoms with Gasteiger partial charge < -0.3 is 9.67 Å². The molecule has 7 heteroatoms. The fourth-order valence-corrected chi connectivity index (χ4v) is 3.66. The van der Waals surface area contributed by atoms with Gasteiger partial charge in [0.25, 0.3) is 11.5 Å². The van der Waals surface area contributed by atoms with E-state index in [4.69, 9.17) is 0 Å². The summed E-state index contributed by atoms with van der Waals surface area (Å²) in [5.41, 5.74) is 1.03. The van der Waals surface area contributed by atoms with Crippen molar-refractivity contribution in [2.75, 3.05) is 5.32 Å². The molecule has 1 amide bonds. The third kappa shape index (κ3) is 2.04. The Labute approximate surface area is 135 Å². The summed E-state index contributed by atoms with van der Waals surface area (Å²) in [6.07, 6.45) is 2.36. The summed E-state index contributed by atoms with van der Waals surface area (Å²) >= 11 is 1.31. The van der Waals surface area contributed by atoms with Gasteiger partial charge in [0.05, 0.1) is 5.52 Å². The average Bonchev–Trinajstić information content (AvgIpc) is 3.12. The predicted molar refractivity (Wildman–Crippen MR) is 88.4 cm³/mol. The van der Waals surface area contributed by atoms with Crippen LogP contribution in [0.25, 0.3) is 10.9 Å². The lowest BCUT2D eigenvalue weighted by Gasteiger charge is -2.10. The minimum Gasteiger partial charge on any atom is -0.506 e. The first-order valence-corrected chi connectivity index (χ1v) is 7.99. The van der Waals surface area contributed by atoms with Crippen molar-refractivity contribution in [3.63, 3.8) is 0 Å². The fraction of sp³-hybridized carbons (Fsp3) is 0.188. The van der Waals surface area contributed by atoms with Crippen LogP contribution in [0.2, 0.25) is 0 Å². The van der Waals surface area contributed by atoms with Crippen LogP contribution >= 0.6 is 11.3 Å². The highest BCUT2D eigenvalue weighted by molar-refractivity contribution is 7.15. The molecule has 1 aliphatic heterocycles. The molecular formula is C16H13N3O3S. The number of aryl methyl sites for hydroxylation is 3. The Kier molecular flexibility index (Phi) is 2.99. The number of aromatic hydroxyl groups is 1. The van der Waals surface area contributed by atoms with E-state index in [0.29, 0.717) is 17.1 Å². The normalized spacial score (nSPS) is 12.7. The first kappa shape index (κ1) is 14.0. The van der Waals surface area contributed by atoms with Crippen LogP contribution in [0.5, 0.6) is 5.75 Å². The summed E-state index contributed by atoms with van der Waals surface area (Å²) in [5.74, 6) is -0.902. The molecule has 0 saturated carbocycles. The minimum atomic E-state index is -0.634.